The summed E-state index contributed by atoms with van der Waals surface area (Å²) < 4.78 is 0. The molecule has 2 unspecified atom stereocenters. The Bertz CT molecular complexity index is 1150. The highest BCUT2D eigenvalue weighted by atomic mass is 16.2. The maximum absolute atomic E-state index is 13.3. The number of amides is 4. The second kappa shape index (κ2) is 7.99. The summed E-state index contributed by atoms with van der Waals surface area (Å²) in [5.74, 6) is -5.28. The van der Waals surface area contributed by atoms with Crippen LogP contribution in [0.2, 0.25) is 0 Å². The van der Waals surface area contributed by atoms with Crippen molar-refractivity contribution in [1.29, 1.82) is 10.5 Å². The highest BCUT2D eigenvalue weighted by molar-refractivity contribution is 6.24. The van der Waals surface area contributed by atoms with Crippen LogP contribution in [0.4, 0.5) is 11.4 Å². The van der Waals surface area contributed by atoms with Gasteiger partial charge in [-0.3, -0.25) is 29.0 Å². The van der Waals surface area contributed by atoms with Gasteiger partial charge >= 0.3 is 0 Å². The first kappa shape index (κ1) is 21.9. The third kappa shape index (κ3) is 3.37. The maximum atomic E-state index is 13.3. The number of hydrogen-bond donors (Lipinski definition) is 0. The van der Waals surface area contributed by atoms with Gasteiger partial charge in [0.1, 0.15) is 0 Å². The van der Waals surface area contributed by atoms with Gasteiger partial charge in [-0.1, -0.05) is 35.4 Å². The number of aryl methyl sites for hydroxylation is 2. The molecule has 2 heterocycles. The van der Waals surface area contributed by atoms with E-state index in [9.17, 15) is 29.7 Å². The Hall–Kier alpha value is -4.30. The minimum absolute atomic E-state index is 0.331. The number of nitrogens with zero attached hydrogens (tertiary/aromatic N) is 4. The number of anilines is 2. The molecule has 33 heavy (non-hydrogen) atoms. The summed E-state index contributed by atoms with van der Waals surface area (Å²) in [5.41, 5.74) is 0.377. The van der Waals surface area contributed by atoms with E-state index in [1.54, 1.807) is 48.5 Å². The zero-order valence-corrected chi connectivity index (χ0v) is 18.1. The third-order valence-electron chi connectivity index (χ3n) is 6.35. The standard InChI is InChI=1S/C25H20N4O4/c1-15-3-7-17(8-4-15)28-21(30)11-19(23(28)32)25(13-26,14-27)20-12-22(31)29(24(20)33)18-9-5-16(2)6-10-18/h3-10,19-20H,11-12H2,1-2H3. The van der Waals surface area contributed by atoms with Gasteiger partial charge in [0.05, 0.1) is 35.3 Å². The molecule has 2 fully saturated rings. The van der Waals surface area contributed by atoms with E-state index in [0.29, 0.717) is 11.4 Å². The molecular formula is C25H20N4O4. The number of rotatable bonds is 4. The van der Waals surface area contributed by atoms with Crippen LogP contribution in [0.3, 0.4) is 0 Å². The fraction of sp³-hybridized carbons (Fsp3) is 0.280. The fourth-order valence-corrected chi connectivity index (χ4v) is 4.49. The number of hydrogen-bond acceptors (Lipinski definition) is 6. The van der Waals surface area contributed by atoms with Crippen molar-refractivity contribution in [2.45, 2.75) is 26.7 Å². The molecule has 4 rings (SSSR count). The van der Waals surface area contributed by atoms with Crippen LogP contribution in [-0.2, 0) is 19.2 Å². The van der Waals surface area contributed by atoms with Crippen molar-refractivity contribution in [3.63, 3.8) is 0 Å². The van der Waals surface area contributed by atoms with Gasteiger partial charge in [-0.25, -0.2) is 0 Å². The molecule has 0 spiro atoms. The summed E-state index contributed by atoms with van der Waals surface area (Å²) in [6.07, 6.45) is -0.785. The van der Waals surface area contributed by atoms with Gasteiger partial charge in [0.2, 0.25) is 23.6 Å². The highest BCUT2D eigenvalue weighted by Crippen LogP contribution is 2.47. The third-order valence-corrected chi connectivity index (χ3v) is 6.35. The summed E-state index contributed by atoms with van der Waals surface area (Å²) in [6.45, 7) is 3.72. The Morgan fingerprint density at radius 3 is 1.33 bits per heavy atom. The molecule has 2 aliphatic rings. The van der Waals surface area contributed by atoms with Crippen molar-refractivity contribution < 1.29 is 19.2 Å². The molecule has 2 aromatic carbocycles. The lowest BCUT2D eigenvalue weighted by atomic mass is 9.67. The lowest BCUT2D eigenvalue weighted by molar-refractivity contribution is -0.126. The summed E-state index contributed by atoms with van der Waals surface area (Å²) in [6, 6.07) is 17.1. The lowest BCUT2D eigenvalue weighted by Crippen LogP contribution is -2.44. The number of benzene rings is 2. The predicted molar refractivity (Wildman–Crippen MR) is 117 cm³/mol. The van der Waals surface area contributed by atoms with Crippen molar-refractivity contribution in [3.05, 3.63) is 59.7 Å². The monoisotopic (exact) mass is 440 g/mol. The quantitative estimate of drug-likeness (QED) is 0.674. The van der Waals surface area contributed by atoms with Gasteiger partial charge in [0.25, 0.3) is 0 Å². The van der Waals surface area contributed by atoms with Crippen LogP contribution in [0.25, 0.3) is 0 Å². The zero-order chi connectivity index (χ0) is 23.9. The average Bonchev–Trinajstić information content (AvgIpc) is 3.27. The zero-order valence-electron chi connectivity index (χ0n) is 18.1. The van der Waals surface area contributed by atoms with Gasteiger partial charge in [-0.15, -0.1) is 0 Å². The van der Waals surface area contributed by atoms with Crippen molar-refractivity contribution >= 4 is 35.0 Å². The largest absolute Gasteiger partial charge is 0.274 e. The summed E-state index contributed by atoms with van der Waals surface area (Å²) in [5, 5.41) is 20.1. The highest BCUT2D eigenvalue weighted by Gasteiger charge is 2.62. The van der Waals surface area contributed by atoms with E-state index < -0.39 is 53.7 Å². The molecule has 2 aromatic rings. The molecule has 0 bridgehead atoms. The molecule has 0 aromatic heterocycles. The molecular weight excluding hydrogens is 420 g/mol. The SMILES string of the molecule is Cc1ccc(N2C(=O)CC(C(C#N)(C#N)C3CC(=O)N(c4ccc(C)cc4)C3=O)C2=O)cc1. The van der Waals surface area contributed by atoms with Crippen molar-refractivity contribution in [3.8, 4) is 12.1 Å². The number of carbonyl (C=O) groups is 4. The normalized spacial score (nSPS) is 20.8. The van der Waals surface area contributed by atoms with E-state index in [1.807, 2.05) is 26.0 Å². The molecule has 2 saturated heterocycles. The Kier molecular flexibility index (Phi) is 5.31. The summed E-state index contributed by atoms with van der Waals surface area (Å²) in [7, 11) is 0. The second-order valence-corrected chi connectivity index (χ2v) is 8.41. The van der Waals surface area contributed by atoms with E-state index in [-0.39, 0.29) is 0 Å². The Morgan fingerprint density at radius 2 is 1.03 bits per heavy atom. The Labute approximate surface area is 190 Å². The van der Waals surface area contributed by atoms with Crippen LogP contribution < -0.4 is 9.80 Å². The van der Waals surface area contributed by atoms with E-state index in [0.717, 1.165) is 20.9 Å². The molecule has 8 heteroatoms. The van der Waals surface area contributed by atoms with Gasteiger partial charge < -0.3 is 0 Å². The van der Waals surface area contributed by atoms with Gasteiger partial charge in [0, 0.05) is 12.8 Å². The topological polar surface area (TPSA) is 122 Å². The molecule has 2 aliphatic heterocycles. The Balaban J connectivity index is 1.71. The van der Waals surface area contributed by atoms with Gasteiger partial charge in [-0.05, 0) is 38.1 Å². The first-order valence-corrected chi connectivity index (χ1v) is 10.4. The summed E-state index contributed by atoms with van der Waals surface area (Å²) in [4.78, 5) is 54.0. The molecule has 2 atom stereocenters. The molecule has 0 N–H and O–H groups in total. The number of nitriles is 2. The maximum Gasteiger partial charge on any atom is 0.240 e. The smallest absolute Gasteiger partial charge is 0.240 e. The average molecular weight is 440 g/mol. The van der Waals surface area contributed by atoms with E-state index in [2.05, 4.69) is 0 Å². The minimum Gasteiger partial charge on any atom is -0.274 e. The van der Waals surface area contributed by atoms with Crippen LogP contribution in [0.1, 0.15) is 24.0 Å². The van der Waals surface area contributed by atoms with E-state index >= 15 is 0 Å². The minimum atomic E-state index is -2.15. The molecule has 0 aliphatic carbocycles. The first-order chi connectivity index (χ1) is 15.7. The van der Waals surface area contributed by atoms with Crippen LogP contribution in [0, 0.1) is 53.8 Å². The summed E-state index contributed by atoms with van der Waals surface area (Å²) >= 11 is 0. The molecule has 4 amide bonds. The number of imide groups is 2. The second-order valence-electron chi connectivity index (χ2n) is 8.41. The van der Waals surface area contributed by atoms with Crippen molar-refractivity contribution in [1.82, 2.24) is 0 Å². The number of carbonyl (C=O) groups excluding carboxylic acids is 4. The van der Waals surface area contributed by atoms with Crippen LogP contribution in [-0.4, -0.2) is 23.6 Å². The Morgan fingerprint density at radius 1 is 0.697 bits per heavy atom. The fourth-order valence-electron chi connectivity index (χ4n) is 4.49. The van der Waals surface area contributed by atoms with Crippen molar-refractivity contribution in [2.24, 2.45) is 17.3 Å². The molecule has 164 valence electrons. The lowest BCUT2D eigenvalue weighted by Gasteiger charge is -2.28. The van der Waals surface area contributed by atoms with Crippen LogP contribution in [0.5, 0.6) is 0 Å². The van der Waals surface area contributed by atoms with Gasteiger partial charge in [0.15, 0.2) is 5.41 Å². The molecule has 8 nitrogen and oxygen atoms in total. The molecule has 0 saturated carbocycles. The van der Waals surface area contributed by atoms with E-state index in [1.165, 1.54) is 0 Å². The van der Waals surface area contributed by atoms with Crippen LogP contribution >= 0.6 is 0 Å². The van der Waals surface area contributed by atoms with Crippen molar-refractivity contribution in [2.75, 3.05) is 9.80 Å². The molecule has 0 radical (unpaired) electrons. The first-order valence-electron chi connectivity index (χ1n) is 10.4. The predicted octanol–water partition coefficient (Wildman–Crippen LogP) is 2.80. The van der Waals surface area contributed by atoms with E-state index in [4.69, 9.17) is 0 Å². The van der Waals surface area contributed by atoms with Gasteiger partial charge in [-0.2, -0.15) is 10.5 Å². The van der Waals surface area contributed by atoms with Crippen LogP contribution in [0.15, 0.2) is 48.5 Å².